The molecule has 0 spiro atoms. The van der Waals surface area contributed by atoms with Crippen molar-refractivity contribution in [3.63, 3.8) is 0 Å². The SMILES string of the molecule is CCC(NC1CCOC(C)(C)C1)C1CCCCC1. The van der Waals surface area contributed by atoms with Crippen molar-refractivity contribution < 1.29 is 4.74 Å². The summed E-state index contributed by atoms with van der Waals surface area (Å²) in [5.41, 5.74) is 0.0702. The van der Waals surface area contributed by atoms with Crippen LogP contribution in [-0.2, 0) is 4.74 Å². The van der Waals surface area contributed by atoms with Crippen molar-refractivity contribution in [2.75, 3.05) is 6.61 Å². The molecule has 18 heavy (non-hydrogen) atoms. The second-order valence-corrected chi connectivity index (χ2v) is 6.88. The third-order valence-electron chi connectivity index (χ3n) is 4.81. The van der Waals surface area contributed by atoms with E-state index in [0.29, 0.717) is 6.04 Å². The summed E-state index contributed by atoms with van der Waals surface area (Å²) in [5.74, 6) is 0.926. The van der Waals surface area contributed by atoms with Gasteiger partial charge in [-0.25, -0.2) is 0 Å². The highest BCUT2D eigenvalue weighted by molar-refractivity contribution is 4.87. The first-order valence-corrected chi connectivity index (χ1v) is 8.01. The maximum Gasteiger partial charge on any atom is 0.0641 e. The zero-order valence-electron chi connectivity index (χ0n) is 12.5. The quantitative estimate of drug-likeness (QED) is 0.820. The van der Waals surface area contributed by atoms with Crippen molar-refractivity contribution in [1.29, 1.82) is 0 Å². The van der Waals surface area contributed by atoms with E-state index in [1.54, 1.807) is 0 Å². The molecule has 0 radical (unpaired) electrons. The average Bonchev–Trinajstić information content (AvgIpc) is 2.36. The number of nitrogens with one attached hydrogen (secondary N) is 1. The molecule has 2 fully saturated rings. The highest BCUT2D eigenvalue weighted by Gasteiger charge is 2.31. The van der Waals surface area contributed by atoms with Gasteiger partial charge in [-0.2, -0.15) is 0 Å². The first-order valence-electron chi connectivity index (χ1n) is 8.01. The molecular formula is C16H31NO. The predicted octanol–water partition coefficient (Wildman–Crippen LogP) is 3.89. The zero-order valence-corrected chi connectivity index (χ0v) is 12.5. The first kappa shape index (κ1) is 14.3. The fourth-order valence-electron chi connectivity index (χ4n) is 3.80. The molecule has 2 atom stereocenters. The molecule has 2 aliphatic rings. The van der Waals surface area contributed by atoms with Crippen molar-refractivity contribution in [2.45, 2.75) is 89.8 Å². The van der Waals surface area contributed by atoms with Crippen LogP contribution >= 0.6 is 0 Å². The molecule has 2 nitrogen and oxygen atoms in total. The third-order valence-corrected chi connectivity index (χ3v) is 4.81. The second-order valence-electron chi connectivity index (χ2n) is 6.88. The lowest BCUT2D eigenvalue weighted by Crippen LogP contribution is -2.49. The van der Waals surface area contributed by atoms with E-state index in [9.17, 15) is 0 Å². The molecule has 0 bridgehead atoms. The van der Waals surface area contributed by atoms with Gasteiger partial charge >= 0.3 is 0 Å². The largest absolute Gasteiger partial charge is 0.375 e. The van der Waals surface area contributed by atoms with Gasteiger partial charge in [0.2, 0.25) is 0 Å². The van der Waals surface area contributed by atoms with E-state index in [1.165, 1.54) is 44.9 Å². The summed E-state index contributed by atoms with van der Waals surface area (Å²) in [7, 11) is 0. The Hall–Kier alpha value is -0.0800. The molecule has 106 valence electrons. The summed E-state index contributed by atoms with van der Waals surface area (Å²) in [6.07, 6.45) is 10.9. The Morgan fingerprint density at radius 3 is 2.50 bits per heavy atom. The zero-order chi connectivity index (χ0) is 13.0. The van der Waals surface area contributed by atoms with Gasteiger partial charge in [0.15, 0.2) is 0 Å². The summed E-state index contributed by atoms with van der Waals surface area (Å²) < 4.78 is 5.82. The number of ether oxygens (including phenoxy) is 1. The number of rotatable bonds is 4. The van der Waals surface area contributed by atoms with E-state index in [1.807, 2.05) is 0 Å². The van der Waals surface area contributed by atoms with Gasteiger partial charge in [0.1, 0.15) is 0 Å². The van der Waals surface area contributed by atoms with Crippen molar-refractivity contribution in [3.05, 3.63) is 0 Å². The molecule has 2 unspecified atom stereocenters. The molecule has 0 aromatic carbocycles. The minimum atomic E-state index is 0.0702. The summed E-state index contributed by atoms with van der Waals surface area (Å²) in [6.45, 7) is 7.72. The highest BCUT2D eigenvalue weighted by Crippen LogP contribution is 2.30. The number of hydrogen-bond acceptors (Lipinski definition) is 2. The van der Waals surface area contributed by atoms with Gasteiger partial charge in [-0.15, -0.1) is 0 Å². The Balaban J connectivity index is 1.85. The smallest absolute Gasteiger partial charge is 0.0641 e. The van der Waals surface area contributed by atoms with Gasteiger partial charge in [-0.1, -0.05) is 26.2 Å². The Bertz CT molecular complexity index is 245. The van der Waals surface area contributed by atoms with E-state index in [0.717, 1.165) is 25.0 Å². The van der Waals surface area contributed by atoms with E-state index in [4.69, 9.17) is 4.74 Å². The van der Waals surface area contributed by atoms with Gasteiger partial charge in [-0.05, 0) is 51.9 Å². The van der Waals surface area contributed by atoms with E-state index >= 15 is 0 Å². The standard InChI is InChI=1S/C16H31NO/c1-4-15(13-8-6-5-7-9-13)17-14-10-11-18-16(2,3)12-14/h13-15,17H,4-12H2,1-3H3. The molecule has 1 heterocycles. The van der Waals surface area contributed by atoms with Crippen molar-refractivity contribution in [2.24, 2.45) is 5.92 Å². The van der Waals surface area contributed by atoms with Crippen molar-refractivity contribution >= 4 is 0 Å². The van der Waals surface area contributed by atoms with Gasteiger partial charge in [0, 0.05) is 18.7 Å². The molecule has 1 saturated heterocycles. The summed E-state index contributed by atoms with van der Waals surface area (Å²) in [6, 6.07) is 1.41. The summed E-state index contributed by atoms with van der Waals surface area (Å²) >= 11 is 0. The van der Waals surface area contributed by atoms with E-state index < -0.39 is 0 Å². The molecule has 0 aromatic rings. The summed E-state index contributed by atoms with van der Waals surface area (Å²) in [4.78, 5) is 0. The van der Waals surface area contributed by atoms with Gasteiger partial charge < -0.3 is 10.1 Å². The van der Waals surface area contributed by atoms with Crippen molar-refractivity contribution in [3.8, 4) is 0 Å². The topological polar surface area (TPSA) is 21.3 Å². The molecule has 2 rings (SSSR count). The fraction of sp³-hybridized carbons (Fsp3) is 1.00. The van der Waals surface area contributed by atoms with Crippen LogP contribution in [0.5, 0.6) is 0 Å². The van der Waals surface area contributed by atoms with Crippen LogP contribution in [0.1, 0.15) is 72.1 Å². The van der Waals surface area contributed by atoms with Crippen LogP contribution < -0.4 is 5.32 Å². The normalized spacial score (nSPS) is 31.2. The Labute approximate surface area is 113 Å². The molecule has 2 heteroatoms. The van der Waals surface area contributed by atoms with Crippen LogP contribution in [-0.4, -0.2) is 24.3 Å². The molecular weight excluding hydrogens is 222 g/mol. The minimum Gasteiger partial charge on any atom is -0.375 e. The lowest BCUT2D eigenvalue weighted by atomic mass is 9.82. The molecule has 0 amide bonds. The summed E-state index contributed by atoms with van der Waals surface area (Å²) in [5, 5.41) is 3.95. The lowest BCUT2D eigenvalue weighted by Gasteiger charge is -2.40. The molecule has 0 aromatic heterocycles. The number of hydrogen-bond donors (Lipinski definition) is 1. The van der Waals surface area contributed by atoms with Crippen molar-refractivity contribution in [1.82, 2.24) is 5.32 Å². The third kappa shape index (κ3) is 3.96. The molecule has 1 saturated carbocycles. The van der Waals surface area contributed by atoms with Gasteiger partial charge in [0.05, 0.1) is 5.60 Å². The predicted molar refractivity (Wildman–Crippen MR) is 76.8 cm³/mol. The lowest BCUT2D eigenvalue weighted by molar-refractivity contribution is -0.0652. The van der Waals surface area contributed by atoms with E-state index in [2.05, 4.69) is 26.1 Å². The second kappa shape index (κ2) is 6.38. The van der Waals surface area contributed by atoms with Crippen LogP contribution in [0.25, 0.3) is 0 Å². The van der Waals surface area contributed by atoms with Crippen LogP contribution in [0.15, 0.2) is 0 Å². The maximum absolute atomic E-state index is 5.82. The fourth-order valence-corrected chi connectivity index (χ4v) is 3.80. The Kier molecular flexibility index (Phi) is 5.08. The minimum absolute atomic E-state index is 0.0702. The van der Waals surface area contributed by atoms with Gasteiger partial charge in [0.25, 0.3) is 0 Å². The molecule has 1 aliphatic carbocycles. The molecule has 1 N–H and O–H groups in total. The van der Waals surface area contributed by atoms with Crippen LogP contribution in [0.3, 0.4) is 0 Å². The average molecular weight is 253 g/mol. The first-order chi connectivity index (χ1) is 8.61. The monoisotopic (exact) mass is 253 g/mol. The molecule has 1 aliphatic heterocycles. The maximum atomic E-state index is 5.82. The van der Waals surface area contributed by atoms with Crippen LogP contribution in [0.4, 0.5) is 0 Å². The van der Waals surface area contributed by atoms with E-state index in [-0.39, 0.29) is 5.60 Å². The van der Waals surface area contributed by atoms with Crippen LogP contribution in [0.2, 0.25) is 0 Å². The Morgan fingerprint density at radius 1 is 1.17 bits per heavy atom. The highest BCUT2D eigenvalue weighted by atomic mass is 16.5. The van der Waals surface area contributed by atoms with Gasteiger partial charge in [-0.3, -0.25) is 0 Å². The Morgan fingerprint density at radius 2 is 1.89 bits per heavy atom. The van der Waals surface area contributed by atoms with Crippen LogP contribution in [0, 0.1) is 5.92 Å².